The molecule has 0 unspecified atom stereocenters. The molecule has 0 bridgehead atoms. The summed E-state index contributed by atoms with van der Waals surface area (Å²) in [4.78, 5) is 51.0. The molecule has 0 radical (unpaired) electrons. The van der Waals surface area contributed by atoms with Crippen molar-refractivity contribution in [1.29, 1.82) is 0 Å². The molecule has 2 aromatic carbocycles. The Labute approximate surface area is 177 Å². The number of carbonyl (C=O) groups excluding carboxylic acids is 4. The Bertz CT molecular complexity index is 1050. The molecule has 1 aliphatic rings. The van der Waals surface area contributed by atoms with Crippen LogP contribution in [0.4, 0.5) is 10.5 Å². The van der Waals surface area contributed by atoms with E-state index in [0.29, 0.717) is 5.69 Å². The zero-order valence-corrected chi connectivity index (χ0v) is 17.0. The number of imide groups is 2. The topological polar surface area (TPSA) is 108 Å². The van der Waals surface area contributed by atoms with Gasteiger partial charge in [-0.1, -0.05) is 47.5 Å². The fourth-order valence-corrected chi connectivity index (χ4v) is 3.16. The molecule has 30 heavy (non-hydrogen) atoms. The Morgan fingerprint density at radius 2 is 1.73 bits per heavy atom. The molecule has 0 aliphatic carbocycles. The van der Waals surface area contributed by atoms with Gasteiger partial charge in [-0.3, -0.25) is 25.1 Å². The fourth-order valence-electron chi connectivity index (χ4n) is 2.94. The summed E-state index contributed by atoms with van der Waals surface area (Å²) in [5.41, 5.74) is 6.65. The number of hydrogen-bond donors (Lipinski definition) is 3. The van der Waals surface area contributed by atoms with E-state index in [0.717, 1.165) is 10.5 Å². The number of urea groups is 1. The van der Waals surface area contributed by atoms with Gasteiger partial charge in [0.2, 0.25) is 5.91 Å². The zero-order chi connectivity index (χ0) is 21.8. The minimum Gasteiger partial charge on any atom is -0.301 e. The van der Waals surface area contributed by atoms with Crippen LogP contribution in [0.5, 0.6) is 0 Å². The third-order valence-electron chi connectivity index (χ3n) is 4.52. The minimum atomic E-state index is -1.35. The van der Waals surface area contributed by atoms with Crippen molar-refractivity contribution in [3.8, 4) is 0 Å². The van der Waals surface area contributed by atoms with Crippen molar-refractivity contribution >= 4 is 41.0 Å². The lowest BCUT2D eigenvalue weighted by atomic mass is 10.00. The predicted octanol–water partition coefficient (Wildman–Crippen LogP) is 2.69. The van der Waals surface area contributed by atoms with Crippen LogP contribution < -0.4 is 21.1 Å². The second-order valence-electron chi connectivity index (χ2n) is 6.54. The summed E-state index contributed by atoms with van der Waals surface area (Å²) in [6.45, 7) is 3.47. The van der Waals surface area contributed by atoms with E-state index in [1.165, 1.54) is 12.1 Å². The number of amides is 5. The van der Waals surface area contributed by atoms with Gasteiger partial charge < -0.3 is 5.43 Å². The largest absolute Gasteiger partial charge is 0.335 e. The van der Waals surface area contributed by atoms with E-state index < -0.39 is 29.7 Å². The molecule has 0 aromatic heterocycles. The molecule has 0 spiro atoms. The van der Waals surface area contributed by atoms with Crippen LogP contribution in [-0.4, -0.2) is 23.8 Å². The van der Waals surface area contributed by atoms with E-state index in [1.807, 2.05) is 6.92 Å². The van der Waals surface area contributed by atoms with E-state index >= 15 is 0 Å². The lowest BCUT2D eigenvalue weighted by Crippen LogP contribution is -2.60. The Morgan fingerprint density at radius 3 is 2.37 bits per heavy atom. The quantitative estimate of drug-likeness (QED) is 0.503. The number of hydrazine groups is 1. The maximum Gasteiger partial charge on any atom is 0.335 e. The highest BCUT2D eigenvalue weighted by atomic mass is 35.5. The standard InChI is InChI=1S/C21H19ClN4O4/c1-3-16(24-25-18(27)14-6-4-5-7-15(14)22)17-19(28)23-21(30)26(20(17)29)13-10-8-12(2)9-11-13/h3-11,17,24H,1-2H3,(H,25,27)(H,23,28,30)/b16-3+/t17-/m1/s1. The summed E-state index contributed by atoms with van der Waals surface area (Å²) in [6.07, 6.45) is 1.47. The Kier molecular flexibility index (Phi) is 6.17. The van der Waals surface area contributed by atoms with Crippen LogP contribution in [0.2, 0.25) is 5.02 Å². The van der Waals surface area contributed by atoms with Gasteiger partial charge in [0.05, 0.1) is 16.3 Å². The molecule has 8 nitrogen and oxygen atoms in total. The van der Waals surface area contributed by atoms with Crippen molar-refractivity contribution in [2.45, 2.75) is 13.8 Å². The average Bonchev–Trinajstić information content (AvgIpc) is 2.71. The van der Waals surface area contributed by atoms with Gasteiger partial charge in [0, 0.05) is 5.70 Å². The molecule has 1 saturated heterocycles. The lowest BCUT2D eigenvalue weighted by molar-refractivity contribution is -0.132. The number of benzene rings is 2. The zero-order valence-electron chi connectivity index (χ0n) is 16.2. The Balaban J connectivity index is 1.81. The average molecular weight is 427 g/mol. The third kappa shape index (κ3) is 4.18. The molecule has 1 atom stereocenters. The van der Waals surface area contributed by atoms with Crippen LogP contribution >= 0.6 is 11.6 Å². The number of nitrogens with zero attached hydrogens (tertiary/aromatic N) is 1. The van der Waals surface area contributed by atoms with Crippen LogP contribution in [0, 0.1) is 12.8 Å². The Morgan fingerprint density at radius 1 is 1.07 bits per heavy atom. The van der Waals surface area contributed by atoms with Gasteiger partial charge in [0.1, 0.15) is 0 Å². The molecule has 0 saturated carbocycles. The molecule has 3 N–H and O–H groups in total. The molecule has 2 aromatic rings. The van der Waals surface area contributed by atoms with Crippen LogP contribution in [0.25, 0.3) is 0 Å². The summed E-state index contributed by atoms with van der Waals surface area (Å²) >= 11 is 6.01. The monoisotopic (exact) mass is 426 g/mol. The normalized spacial score (nSPS) is 16.9. The fraction of sp³-hybridized carbons (Fsp3) is 0.143. The minimum absolute atomic E-state index is 0.113. The first-order valence-electron chi connectivity index (χ1n) is 9.06. The van der Waals surface area contributed by atoms with Crippen molar-refractivity contribution in [2.24, 2.45) is 5.92 Å². The maximum absolute atomic E-state index is 13.0. The number of aryl methyl sites for hydroxylation is 1. The van der Waals surface area contributed by atoms with E-state index in [9.17, 15) is 19.2 Å². The molecule has 1 aliphatic heterocycles. The number of allylic oxidation sites excluding steroid dienone is 1. The van der Waals surface area contributed by atoms with Crippen LogP contribution in [-0.2, 0) is 9.59 Å². The third-order valence-corrected chi connectivity index (χ3v) is 4.85. The van der Waals surface area contributed by atoms with E-state index in [1.54, 1.807) is 49.4 Å². The first-order valence-corrected chi connectivity index (χ1v) is 9.44. The van der Waals surface area contributed by atoms with Crippen molar-refractivity contribution < 1.29 is 19.2 Å². The molecule has 5 amide bonds. The SMILES string of the molecule is C/C=C(/NNC(=O)c1ccccc1Cl)[C@@H]1C(=O)NC(=O)N(c2ccc(C)cc2)C1=O. The second-order valence-corrected chi connectivity index (χ2v) is 6.95. The van der Waals surface area contributed by atoms with Crippen LogP contribution in [0.1, 0.15) is 22.8 Å². The highest BCUT2D eigenvalue weighted by molar-refractivity contribution is 6.33. The summed E-state index contributed by atoms with van der Waals surface area (Å²) in [5, 5.41) is 2.43. The lowest BCUT2D eigenvalue weighted by Gasteiger charge is -2.31. The molecular formula is C21H19ClN4O4. The van der Waals surface area contributed by atoms with Gasteiger partial charge in [-0.15, -0.1) is 0 Å². The van der Waals surface area contributed by atoms with Crippen molar-refractivity contribution in [3.05, 3.63) is 76.5 Å². The summed E-state index contributed by atoms with van der Waals surface area (Å²) in [7, 11) is 0. The van der Waals surface area contributed by atoms with E-state index in [2.05, 4.69) is 16.2 Å². The summed E-state index contributed by atoms with van der Waals surface area (Å²) in [6, 6.07) is 12.3. The highest BCUT2D eigenvalue weighted by Crippen LogP contribution is 2.24. The van der Waals surface area contributed by atoms with Gasteiger partial charge in [-0.05, 0) is 38.1 Å². The van der Waals surface area contributed by atoms with Crippen LogP contribution in [0.15, 0.2) is 60.3 Å². The molecule has 3 rings (SSSR count). The van der Waals surface area contributed by atoms with Gasteiger partial charge in [0.15, 0.2) is 5.92 Å². The number of halogens is 1. The smallest absolute Gasteiger partial charge is 0.301 e. The summed E-state index contributed by atoms with van der Waals surface area (Å²) in [5.74, 6) is -3.42. The number of barbiturate groups is 1. The maximum atomic E-state index is 13.0. The van der Waals surface area contributed by atoms with Gasteiger partial charge in [-0.2, -0.15) is 0 Å². The molecular weight excluding hydrogens is 408 g/mol. The number of rotatable bonds is 5. The molecule has 1 fully saturated rings. The molecule has 1 heterocycles. The molecule has 9 heteroatoms. The first-order chi connectivity index (χ1) is 14.3. The van der Waals surface area contributed by atoms with Gasteiger partial charge in [0.25, 0.3) is 11.8 Å². The second kappa shape index (κ2) is 8.79. The van der Waals surface area contributed by atoms with Crippen LogP contribution in [0.3, 0.4) is 0 Å². The predicted molar refractivity (Wildman–Crippen MR) is 112 cm³/mol. The number of carbonyl (C=O) groups is 4. The highest BCUT2D eigenvalue weighted by Gasteiger charge is 2.43. The number of nitrogens with one attached hydrogen (secondary N) is 3. The van der Waals surface area contributed by atoms with Crippen molar-refractivity contribution in [3.63, 3.8) is 0 Å². The first kappa shape index (κ1) is 21.1. The van der Waals surface area contributed by atoms with E-state index in [-0.39, 0.29) is 16.3 Å². The van der Waals surface area contributed by atoms with Crippen molar-refractivity contribution in [2.75, 3.05) is 4.90 Å². The van der Waals surface area contributed by atoms with E-state index in [4.69, 9.17) is 11.6 Å². The summed E-state index contributed by atoms with van der Waals surface area (Å²) < 4.78 is 0. The van der Waals surface area contributed by atoms with Gasteiger partial charge >= 0.3 is 6.03 Å². The Hall–Kier alpha value is -3.65. The number of hydrogen-bond acceptors (Lipinski definition) is 5. The van der Waals surface area contributed by atoms with Crippen molar-refractivity contribution in [1.82, 2.24) is 16.2 Å². The van der Waals surface area contributed by atoms with Gasteiger partial charge in [-0.25, -0.2) is 9.69 Å². The number of anilines is 1. The molecule has 154 valence electrons.